The predicted octanol–water partition coefficient (Wildman–Crippen LogP) is 1.56. The van der Waals surface area contributed by atoms with Crippen molar-refractivity contribution >= 4 is 15.9 Å². The number of methoxy groups -OCH3 is 1. The number of aromatic nitrogens is 4. The van der Waals surface area contributed by atoms with Crippen LogP contribution in [0.3, 0.4) is 0 Å². The van der Waals surface area contributed by atoms with E-state index in [1.807, 2.05) is 6.92 Å². The molecule has 0 saturated carbocycles. The van der Waals surface area contributed by atoms with Gasteiger partial charge in [0.15, 0.2) is 5.82 Å². The van der Waals surface area contributed by atoms with Crippen LogP contribution in [0.4, 0.5) is 0 Å². The molecule has 0 spiro atoms. The summed E-state index contributed by atoms with van der Waals surface area (Å²) < 4.78 is 5.46. The third kappa shape index (κ3) is 2.40. The average Bonchev–Trinajstić information content (AvgIpc) is 2.41. The Hall–Kier alpha value is -1.76. The van der Waals surface area contributed by atoms with E-state index >= 15 is 0 Å². The van der Waals surface area contributed by atoms with Crippen LogP contribution in [0.2, 0.25) is 0 Å². The number of H-pyrrole nitrogens is 1. The van der Waals surface area contributed by atoms with Crippen LogP contribution in [0.1, 0.15) is 12.6 Å². The van der Waals surface area contributed by atoms with Gasteiger partial charge in [0.1, 0.15) is 16.5 Å². The highest BCUT2D eigenvalue weighted by Crippen LogP contribution is 2.17. The van der Waals surface area contributed by atoms with Crippen LogP contribution in [-0.4, -0.2) is 27.0 Å². The Morgan fingerprint density at radius 1 is 1.44 bits per heavy atom. The number of nitrogens with one attached hydrogen (secondary N) is 1. The summed E-state index contributed by atoms with van der Waals surface area (Å²) >= 11 is 3.21. The average molecular weight is 311 g/mol. The highest BCUT2D eigenvalue weighted by molar-refractivity contribution is 9.10. The molecule has 0 amide bonds. The Morgan fingerprint density at radius 2 is 2.22 bits per heavy atom. The van der Waals surface area contributed by atoms with Gasteiger partial charge < -0.3 is 9.72 Å². The molecule has 2 heterocycles. The summed E-state index contributed by atoms with van der Waals surface area (Å²) in [5.41, 5.74) is 0.974. The van der Waals surface area contributed by atoms with Crippen LogP contribution in [0, 0.1) is 0 Å². The first-order chi connectivity index (χ1) is 8.65. The summed E-state index contributed by atoms with van der Waals surface area (Å²) in [5.74, 6) is 0.823. The molecule has 0 unspecified atom stereocenters. The van der Waals surface area contributed by atoms with E-state index in [4.69, 9.17) is 4.74 Å². The van der Waals surface area contributed by atoms with Crippen molar-refractivity contribution in [1.82, 2.24) is 19.9 Å². The zero-order chi connectivity index (χ0) is 13.1. The zero-order valence-electron chi connectivity index (χ0n) is 9.90. The lowest BCUT2D eigenvalue weighted by atomic mass is 10.3. The Bertz CT molecular complexity index is 627. The molecule has 2 aromatic heterocycles. The van der Waals surface area contributed by atoms with Gasteiger partial charge in [-0.05, 0) is 22.4 Å². The molecule has 0 fully saturated rings. The number of aryl methyl sites for hydroxylation is 1. The zero-order valence-corrected chi connectivity index (χ0v) is 11.5. The molecule has 1 N–H and O–H groups in total. The van der Waals surface area contributed by atoms with Gasteiger partial charge in [-0.3, -0.25) is 4.79 Å². The van der Waals surface area contributed by atoms with E-state index in [-0.39, 0.29) is 5.56 Å². The minimum atomic E-state index is -0.227. The van der Waals surface area contributed by atoms with Gasteiger partial charge in [0.05, 0.1) is 12.8 Å². The van der Waals surface area contributed by atoms with Gasteiger partial charge in [0.25, 0.3) is 5.56 Å². The number of hydrogen-bond donors (Lipinski definition) is 1. The number of ether oxygens (including phenoxy) is 1. The maximum absolute atomic E-state index is 11.7. The Morgan fingerprint density at radius 3 is 2.89 bits per heavy atom. The van der Waals surface area contributed by atoms with Crippen molar-refractivity contribution in [3.05, 3.63) is 32.9 Å². The summed E-state index contributed by atoms with van der Waals surface area (Å²) in [7, 11) is 1.52. The molecule has 0 aliphatic carbocycles. The van der Waals surface area contributed by atoms with Gasteiger partial charge in [-0.1, -0.05) is 6.92 Å². The molecule has 2 aromatic rings. The third-order valence-electron chi connectivity index (χ3n) is 2.36. The van der Waals surface area contributed by atoms with Gasteiger partial charge in [-0.15, -0.1) is 0 Å². The lowest BCUT2D eigenvalue weighted by molar-refractivity contribution is 0.397. The van der Waals surface area contributed by atoms with Crippen LogP contribution in [-0.2, 0) is 6.42 Å². The Labute approximate surface area is 112 Å². The van der Waals surface area contributed by atoms with E-state index in [1.54, 1.807) is 6.07 Å². The second-order valence-electron chi connectivity index (χ2n) is 3.47. The maximum Gasteiger partial charge on any atom is 0.265 e. The first-order valence-corrected chi connectivity index (χ1v) is 6.10. The van der Waals surface area contributed by atoms with Crippen LogP contribution in [0.15, 0.2) is 21.7 Å². The SMILES string of the molecule is CCc1nc(-c2cc(OC)ncn2)[nH]c(=O)c1Br. The topological polar surface area (TPSA) is 80.8 Å². The van der Waals surface area contributed by atoms with Crippen molar-refractivity contribution in [3.63, 3.8) is 0 Å². The summed E-state index contributed by atoms with van der Waals surface area (Å²) in [4.78, 5) is 26.7. The lowest BCUT2D eigenvalue weighted by Crippen LogP contribution is -2.13. The van der Waals surface area contributed by atoms with E-state index in [9.17, 15) is 4.79 Å². The third-order valence-corrected chi connectivity index (χ3v) is 3.18. The molecule has 0 saturated heterocycles. The van der Waals surface area contributed by atoms with Crippen molar-refractivity contribution in [2.75, 3.05) is 7.11 Å². The van der Waals surface area contributed by atoms with Crippen molar-refractivity contribution in [1.29, 1.82) is 0 Å². The fraction of sp³-hybridized carbons (Fsp3) is 0.273. The van der Waals surface area contributed by atoms with Gasteiger partial charge in [0, 0.05) is 6.07 Å². The highest BCUT2D eigenvalue weighted by atomic mass is 79.9. The Kier molecular flexibility index (Phi) is 3.71. The highest BCUT2D eigenvalue weighted by Gasteiger charge is 2.10. The Balaban J connectivity index is 2.57. The van der Waals surface area contributed by atoms with Crippen LogP contribution < -0.4 is 10.3 Å². The van der Waals surface area contributed by atoms with E-state index in [0.717, 1.165) is 0 Å². The van der Waals surface area contributed by atoms with Crippen molar-refractivity contribution in [3.8, 4) is 17.4 Å². The van der Waals surface area contributed by atoms with E-state index in [0.29, 0.717) is 34.0 Å². The molecule has 6 nitrogen and oxygen atoms in total. The van der Waals surface area contributed by atoms with Crippen molar-refractivity contribution < 1.29 is 4.74 Å². The molecule has 0 aliphatic heterocycles. The molecular weight excluding hydrogens is 300 g/mol. The van der Waals surface area contributed by atoms with Gasteiger partial charge in [-0.25, -0.2) is 15.0 Å². The summed E-state index contributed by atoms with van der Waals surface area (Å²) in [6.07, 6.45) is 2.02. The lowest BCUT2D eigenvalue weighted by Gasteiger charge is -2.05. The molecule has 18 heavy (non-hydrogen) atoms. The van der Waals surface area contributed by atoms with E-state index in [1.165, 1.54) is 13.4 Å². The summed E-state index contributed by atoms with van der Waals surface area (Å²) in [5, 5.41) is 0. The number of rotatable bonds is 3. The van der Waals surface area contributed by atoms with Gasteiger partial charge in [0.2, 0.25) is 5.88 Å². The monoisotopic (exact) mass is 310 g/mol. The maximum atomic E-state index is 11.7. The van der Waals surface area contributed by atoms with Crippen molar-refractivity contribution in [2.45, 2.75) is 13.3 Å². The summed E-state index contributed by atoms with van der Waals surface area (Å²) in [6.45, 7) is 1.93. The molecule has 0 aromatic carbocycles. The second-order valence-corrected chi connectivity index (χ2v) is 4.27. The van der Waals surface area contributed by atoms with Crippen molar-refractivity contribution in [2.24, 2.45) is 0 Å². The number of halogens is 1. The van der Waals surface area contributed by atoms with Crippen LogP contribution in [0.25, 0.3) is 11.5 Å². The number of nitrogens with zero attached hydrogens (tertiary/aromatic N) is 3. The quantitative estimate of drug-likeness (QED) is 0.930. The fourth-order valence-corrected chi connectivity index (χ4v) is 1.91. The summed E-state index contributed by atoms with van der Waals surface area (Å²) in [6, 6.07) is 1.62. The molecular formula is C11H11BrN4O2. The van der Waals surface area contributed by atoms with Gasteiger partial charge in [-0.2, -0.15) is 0 Å². The van der Waals surface area contributed by atoms with E-state index in [2.05, 4.69) is 35.9 Å². The fourth-order valence-electron chi connectivity index (χ4n) is 1.44. The molecule has 2 rings (SSSR count). The molecule has 0 radical (unpaired) electrons. The molecule has 0 bridgehead atoms. The molecule has 0 atom stereocenters. The number of hydrogen-bond acceptors (Lipinski definition) is 5. The molecule has 7 heteroatoms. The largest absolute Gasteiger partial charge is 0.481 e. The molecule has 0 aliphatic rings. The first kappa shape index (κ1) is 12.7. The van der Waals surface area contributed by atoms with Crippen LogP contribution >= 0.6 is 15.9 Å². The minimum absolute atomic E-state index is 0.227. The van der Waals surface area contributed by atoms with Crippen LogP contribution in [0.5, 0.6) is 5.88 Å². The number of aromatic amines is 1. The van der Waals surface area contributed by atoms with Gasteiger partial charge >= 0.3 is 0 Å². The molecule has 94 valence electrons. The standard InChI is InChI=1S/C11H11BrN4O2/c1-3-6-9(12)11(17)16-10(15-6)7-4-8(18-2)14-5-13-7/h4-5H,3H2,1-2H3,(H,15,16,17). The predicted molar refractivity (Wildman–Crippen MR) is 69.5 cm³/mol. The normalized spacial score (nSPS) is 10.4. The first-order valence-electron chi connectivity index (χ1n) is 5.30. The minimum Gasteiger partial charge on any atom is -0.481 e. The van der Waals surface area contributed by atoms with E-state index < -0.39 is 0 Å². The second kappa shape index (κ2) is 5.26. The smallest absolute Gasteiger partial charge is 0.265 e.